The third-order valence-corrected chi connectivity index (χ3v) is 7.75. The lowest BCUT2D eigenvalue weighted by atomic mass is 10.0. The van der Waals surface area contributed by atoms with Gasteiger partial charge in [-0.2, -0.15) is 8.42 Å². The Morgan fingerprint density at radius 3 is 2.24 bits per heavy atom. The second kappa shape index (κ2) is 11.2. The number of hydrogen-bond acceptors (Lipinski definition) is 5. The normalized spacial score (nSPS) is 13.3. The molecule has 0 aliphatic heterocycles. The Kier molecular flexibility index (Phi) is 7.60. The summed E-state index contributed by atoms with van der Waals surface area (Å²) in [4.78, 5) is 0.0539. The molecule has 194 valence electrons. The number of nitrogens with zero attached hydrogens (tertiary/aromatic N) is 1. The molecule has 4 aromatic carbocycles. The first-order chi connectivity index (χ1) is 18.4. The molecule has 0 bridgehead atoms. The molecule has 2 atom stereocenters. The van der Waals surface area contributed by atoms with E-state index in [1.165, 1.54) is 12.1 Å². The van der Waals surface area contributed by atoms with Crippen LogP contribution in [0.1, 0.15) is 22.7 Å². The summed E-state index contributed by atoms with van der Waals surface area (Å²) in [6.45, 7) is 1.91. The molecule has 1 heterocycles. The molecule has 0 amide bonds. The van der Waals surface area contributed by atoms with E-state index in [0.717, 1.165) is 27.6 Å². The molecule has 5 rings (SSSR count). The van der Waals surface area contributed by atoms with Crippen molar-refractivity contribution >= 4 is 21.0 Å². The van der Waals surface area contributed by atoms with Gasteiger partial charge in [-0.15, -0.1) is 0 Å². The monoisotopic (exact) mass is 527 g/mol. The molecule has 0 saturated heterocycles. The summed E-state index contributed by atoms with van der Waals surface area (Å²) < 4.78 is 38.9. The first-order valence-corrected chi connectivity index (χ1v) is 13.8. The Morgan fingerprint density at radius 1 is 0.842 bits per heavy atom. The third kappa shape index (κ3) is 5.81. The van der Waals surface area contributed by atoms with Crippen LogP contribution in [-0.2, 0) is 20.9 Å². The molecular weight excluding hydrogens is 498 g/mol. The predicted molar refractivity (Wildman–Crippen MR) is 148 cm³/mol. The van der Waals surface area contributed by atoms with E-state index in [1.807, 2.05) is 103 Å². The number of ether oxygens (including phenoxy) is 1. The van der Waals surface area contributed by atoms with Crippen molar-refractivity contribution in [3.05, 3.63) is 132 Å². The van der Waals surface area contributed by atoms with Crippen molar-refractivity contribution in [2.75, 3.05) is 6.61 Å². The molecule has 5 aromatic rings. The number of aliphatic hydroxyl groups is 1. The Bertz CT molecular complexity index is 1600. The van der Waals surface area contributed by atoms with E-state index >= 15 is 0 Å². The van der Waals surface area contributed by atoms with Crippen LogP contribution >= 0.6 is 0 Å². The molecule has 6 nitrogen and oxygen atoms in total. The van der Waals surface area contributed by atoms with E-state index < -0.39 is 28.9 Å². The lowest BCUT2D eigenvalue weighted by Crippen LogP contribution is -2.30. The molecular formula is C31H29NO5S. The van der Waals surface area contributed by atoms with Crippen molar-refractivity contribution in [3.63, 3.8) is 0 Å². The summed E-state index contributed by atoms with van der Waals surface area (Å²) in [5.74, 6) is 0.695. The zero-order valence-corrected chi connectivity index (χ0v) is 21.8. The molecule has 0 radical (unpaired) electrons. The van der Waals surface area contributed by atoms with E-state index in [1.54, 1.807) is 12.1 Å². The summed E-state index contributed by atoms with van der Waals surface area (Å²) in [7, 11) is -4.03. The van der Waals surface area contributed by atoms with Gasteiger partial charge in [-0.1, -0.05) is 78.4 Å². The summed E-state index contributed by atoms with van der Waals surface area (Å²) in [6.07, 6.45) is 0.739. The Hall–Kier alpha value is -3.91. The van der Waals surface area contributed by atoms with Gasteiger partial charge in [0.1, 0.15) is 18.5 Å². The average Bonchev–Trinajstić information content (AvgIpc) is 3.35. The van der Waals surface area contributed by atoms with Gasteiger partial charge in [0, 0.05) is 12.3 Å². The van der Waals surface area contributed by atoms with Gasteiger partial charge in [-0.25, -0.2) is 0 Å². The van der Waals surface area contributed by atoms with Gasteiger partial charge in [-0.3, -0.25) is 4.18 Å². The van der Waals surface area contributed by atoms with Gasteiger partial charge in [0.2, 0.25) is 0 Å². The van der Waals surface area contributed by atoms with Crippen LogP contribution in [0.25, 0.3) is 10.9 Å². The number of hydrogen-bond donors (Lipinski definition) is 1. The molecule has 0 aliphatic rings. The molecule has 1 N–H and O–H groups in total. The van der Waals surface area contributed by atoms with E-state index in [4.69, 9.17) is 8.92 Å². The van der Waals surface area contributed by atoms with Crippen LogP contribution in [0, 0.1) is 6.92 Å². The van der Waals surface area contributed by atoms with Crippen LogP contribution in [0.4, 0.5) is 0 Å². The van der Waals surface area contributed by atoms with Gasteiger partial charge >= 0.3 is 0 Å². The van der Waals surface area contributed by atoms with Gasteiger partial charge in [-0.05, 0) is 53.8 Å². The van der Waals surface area contributed by atoms with Crippen molar-refractivity contribution < 1.29 is 22.4 Å². The number of aryl methyl sites for hydroxylation is 1. The van der Waals surface area contributed by atoms with Crippen molar-refractivity contribution in [3.8, 4) is 5.75 Å². The maximum atomic E-state index is 12.8. The molecule has 0 saturated carbocycles. The maximum Gasteiger partial charge on any atom is 0.297 e. The van der Waals surface area contributed by atoms with Crippen LogP contribution in [-0.4, -0.2) is 30.8 Å². The SMILES string of the molecule is Cc1ccc(S(=O)(=O)OCC(O)C(c2ccccc2)n2ccc3ccc(OCc4ccccc4)cc32)cc1. The van der Waals surface area contributed by atoms with Crippen LogP contribution < -0.4 is 4.74 Å². The summed E-state index contributed by atoms with van der Waals surface area (Å²) >= 11 is 0. The van der Waals surface area contributed by atoms with Gasteiger partial charge in [0.05, 0.1) is 23.1 Å². The average molecular weight is 528 g/mol. The van der Waals surface area contributed by atoms with Crippen LogP contribution in [0.3, 0.4) is 0 Å². The smallest absolute Gasteiger partial charge is 0.297 e. The lowest BCUT2D eigenvalue weighted by molar-refractivity contribution is 0.0785. The molecule has 0 aliphatic carbocycles. The van der Waals surface area contributed by atoms with E-state index in [-0.39, 0.29) is 4.90 Å². The van der Waals surface area contributed by atoms with Gasteiger partial charge in [0.15, 0.2) is 0 Å². The number of aromatic nitrogens is 1. The quantitative estimate of drug-likeness (QED) is 0.229. The van der Waals surface area contributed by atoms with Crippen LogP contribution in [0.15, 0.2) is 120 Å². The number of rotatable bonds is 10. The Labute approximate surface area is 222 Å². The Balaban J connectivity index is 1.42. The highest BCUT2D eigenvalue weighted by Crippen LogP contribution is 2.31. The number of fused-ring (bicyclic) bond motifs is 1. The van der Waals surface area contributed by atoms with Crippen molar-refractivity contribution in [2.24, 2.45) is 0 Å². The largest absolute Gasteiger partial charge is 0.489 e. The second-order valence-electron chi connectivity index (χ2n) is 9.19. The molecule has 0 fully saturated rings. The molecule has 7 heteroatoms. The summed E-state index contributed by atoms with van der Waals surface area (Å²) in [6, 6.07) is 33.0. The van der Waals surface area contributed by atoms with E-state index in [0.29, 0.717) is 12.4 Å². The van der Waals surface area contributed by atoms with E-state index in [2.05, 4.69) is 0 Å². The molecule has 1 aromatic heterocycles. The first-order valence-electron chi connectivity index (χ1n) is 12.4. The highest BCUT2D eigenvalue weighted by Gasteiger charge is 2.27. The highest BCUT2D eigenvalue weighted by molar-refractivity contribution is 7.86. The fraction of sp³-hybridized carbons (Fsp3) is 0.161. The van der Waals surface area contributed by atoms with Crippen LogP contribution in [0.5, 0.6) is 5.75 Å². The number of aliphatic hydroxyl groups excluding tert-OH is 1. The van der Waals surface area contributed by atoms with E-state index in [9.17, 15) is 13.5 Å². The minimum atomic E-state index is -4.03. The minimum absolute atomic E-state index is 0.0539. The topological polar surface area (TPSA) is 77.8 Å². The van der Waals surface area contributed by atoms with Gasteiger partial charge < -0.3 is 14.4 Å². The summed E-state index contributed by atoms with van der Waals surface area (Å²) in [5.41, 5.74) is 3.68. The fourth-order valence-electron chi connectivity index (χ4n) is 4.44. The zero-order chi connectivity index (χ0) is 26.5. The van der Waals surface area contributed by atoms with Crippen molar-refractivity contribution in [2.45, 2.75) is 30.6 Å². The Morgan fingerprint density at radius 2 is 1.53 bits per heavy atom. The number of benzene rings is 4. The van der Waals surface area contributed by atoms with Crippen LogP contribution in [0.2, 0.25) is 0 Å². The first kappa shape index (κ1) is 25.7. The molecule has 0 spiro atoms. The highest BCUT2D eigenvalue weighted by atomic mass is 32.2. The standard InChI is InChI=1S/C31H29NO5S/c1-23-12-16-28(17-13-23)38(34,35)37-22-30(33)31(26-10-6-3-7-11-26)32-19-18-25-14-15-27(20-29(25)32)36-21-24-8-4-2-5-9-24/h2-20,30-31,33H,21-22H2,1H3. The fourth-order valence-corrected chi connectivity index (χ4v) is 5.37. The molecule has 38 heavy (non-hydrogen) atoms. The van der Waals surface area contributed by atoms with Crippen molar-refractivity contribution in [1.29, 1.82) is 0 Å². The third-order valence-electron chi connectivity index (χ3n) is 6.45. The van der Waals surface area contributed by atoms with Crippen molar-refractivity contribution in [1.82, 2.24) is 4.57 Å². The molecule has 2 unspecified atom stereocenters. The summed E-state index contributed by atoms with van der Waals surface area (Å²) in [5, 5.41) is 12.3. The predicted octanol–water partition coefficient (Wildman–Crippen LogP) is 5.88. The maximum absolute atomic E-state index is 12.8. The lowest BCUT2D eigenvalue weighted by Gasteiger charge is -2.26. The minimum Gasteiger partial charge on any atom is -0.489 e. The zero-order valence-electron chi connectivity index (χ0n) is 21.0. The second-order valence-corrected chi connectivity index (χ2v) is 10.8. The van der Waals surface area contributed by atoms with Gasteiger partial charge in [0.25, 0.3) is 10.1 Å².